The number of halogens is 2. The predicted octanol–water partition coefficient (Wildman–Crippen LogP) is 4.16. The fourth-order valence-electron chi connectivity index (χ4n) is 4.40. The molecule has 1 fully saturated rings. The molecule has 3 heterocycles. The number of benzene rings is 2. The van der Waals surface area contributed by atoms with Gasteiger partial charge in [-0.15, -0.1) is 0 Å². The number of ether oxygens (including phenoxy) is 2. The Morgan fingerprint density at radius 3 is 2.51 bits per heavy atom. The van der Waals surface area contributed by atoms with E-state index < -0.39 is 10.0 Å². The second kappa shape index (κ2) is 10.7. The number of pyridine rings is 1. The van der Waals surface area contributed by atoms with E-state index in [1.54, 1.807) is 35.2 Å². The first kappa shape index (κ1) is 27.4. The van der Waals surface area contributed by atoms with Crippen LogP contribution in [0, 0.1) is 5.92 Å². The molecule has 1 aliphatic heterocycles. The van der Waals surface area contributed by atoms with E-state index >= 15 is 0 Å². The van der Waals surface area contributed by atoms with Crippen molar-refractivity contribution in [1.29, 1.82) is 0 Å². The molecular weight excluding hydrogens is 565 g/mol. The average molecular weight is 590 g/mol. The van der Waals surface area contributed by atoms with Gasteiger partial charge in [-0.05, 0) is 49.0 Å². The molecule has 39 heavy (non-hydrogen) atoms. The van der Waals surface area contributed by atoms with E-state index in [4.69, 9.17) is 32.7 Å². The highest BCUT2D eigenvalue weighted by molar-refractivity contribution is 7.92. The molecule has 0 bridgehead atoms. The highest BCUT2D eigenvalue weighted by Gasteiger charge is 2.41. The minimum atomic E-state index is -4.07. The number of sulfonamides is 1. The first-order valence-corrected chi connectivity index (χ1v) is 14.2. The molecule has 0 amide bonds. The third kappa shape index (κ3) is 5.73. The van der Waals surface area contributed by atoms with Crippen LogP contribution in [0.25, 0.3) is 22.0 Å². The molecule has 1 aliphatic rings. The third-order valence-corrected chi connectivity index (χ3v) is 8.23. The van der Waals surface area contributed by atoms with Gasteiger partial charge in [0.2, 0.25) is 5.88 Å². The van der Waals surface area contributed by atoms with Gasteiger partial charge in [-0.3, -0.25) is 19.4 Å². The van der Waals surface area contributed by atoms with Crippen molar-refractivity contribution in [2.45, 2.75) is 30.7 Å². The maximum atomic E-state index is 13.3. The van der Waals surface area contributed by atoms with Crippen molar-refractivity contribution in [3.05, 3.63) is 75.4 Å². The van der Waals surface area contributed by atoms with E-state index in [9.17, 15) is 13.2 Å². The van der Waals surface area contributed by atoms with Crippen LogP contribution in [-0.4, -0.2) is 49.4 Å². The molecule has 204 valence electrons. The third-order valence-electron chi connectivity index (χ3n) is 6.45. The average Bonchev–Trinajstić information content (AvgIpc) is 3.70. The summed E-state index contributed by atoms with van der Waals surface area (Å²) in [7, 11) is -0.858. The second-order valence-electron chi connectivity index (χ2n) is 9.21. The van der Waals surface area contributed by atoms with E-state index in [-0.39, 0.29) is 50.3 Å². The Labute approximate surface area is 235 Å². The lowest BCUT2D eigenvalue weighted by molar-refractivity contribution is 0.300. The molecule has 4 aromatic rings. The molecule has 2 unspecified atom stereocenters. The zero-order chi connectivity index (χ0) is 27.9. The number of fused-ring (bicyclic) bond motifs is 1. The quantitative estimate of drug-likeness (QED) is 0.279. The van der Waals surface area contributed by atoms with Crippen molar-refractivity contribution in [2.24, 2.45) is 5.92 Å². The summed E-state index contributed by atoms with van der Waals surface area (Å²) in [5.74, 6) is 0.176. The Morgan fingerprint density at radius 1 is 1.10 bits per heavy atom. The SMILES string of the molecule is CNC1OC1[C@@H](C)Cn1cnc2ccc(-c3cnc(OC)c(NS(=O)(=O)c4cc(Cl)cc(Cl)c4)c3)cc2c1=O. The molecule has 0 spiro atoms. The van der Waals surface area contributed by atoms with Crippen molar-refractivity contribution < 1.29 is 17.9 Å². The number of rotatable bonds is 9. The van der Waals surface area contributed by atoms with E-state index in [2.05, 4.69) is 20.0 Å². The first-order chi connectivity index (χ1) is 18.6. The van der Waals surface area contributed by atoms with Crippen molar-refractivity contribution in [1.82, 2.24) is 19.9 Å². The minimum Gasteiger partial charge on any atom is -0.480 e. The van der Waals surface area contributed by atoms with Crippen molar-refractivity contribution in [3.8, 4) is 17.0 Å². The van der Waals surface area contributed by atoms with Crippen molar-refractivity contribution >= 4 is 49.8 Å². The molecular formula is C26H25Cl2N5O5S. The second-order valence-corrected chi connectivity index (χ2v) is 11.8. The standard InChI is InChI=1S/C26H25Cl2N5O5S/c1-14(23-25(29-2)38-23)12-33-13-31-21-5-4-15(6-20(21)26(33)34)16-7-22(24(37-3)30-11-16)32-39(35,36)19-9-17(27)8-18(28)10-19/h4-11,13-14,23,25,29,32H,12H2,1-3H3/t14-,23?,25?/m0/s1. The molecule has 0 radical (unpaired) electrons. The van der Waals surface area contributed by atoms with Gasteiger partial charge in [0.15, 0.2) is 0 Å². The largest absolute Gasteiger partial charge is 0.480 e. The number of hydrogen-bond acceptors (Lipinski definition) is 8. The van der Waals surface area contributed by atoms with Gasteiger partial charge in [-0.2, -0.15) is 0 Å². The Hall–Kier alpha value is -3.22. The highest BCUT2D eigenvalue weighted by Crippen LogP contribution is 2.32. The maximum absolute atomic E-state index is 13.3. The highest BCUT2D eigenvalue weighted by atomic mass is 35.5. The smallest absolute Gasteiger partial charge is 0.262 e. The van der Waals surface area contributed by atoms with Gasteiger partial charge in [0.05, 0.1) is 29.2 Å². The lowest BCUT2D eigenvalue weighted by Crippen LogP contribution is -2.27. The van der Waals surface area contributed by atoms with Crippen LogP contribution in [0.2, 0.25) is 10.0 Å². The molecule has 2 aromatic carbocycles. The van der Waals surface area contributed by atoms with Gasteiger partial charge in [0.25, 0.3) is 15.6 Å². The van der Waals surface area contributed by atoms with Crippen molar-refractivity contribution in [3.63, 3.8) is 0 Å². The monoisotopic (exact) mass is 589 g/mol. The number of nitrogens with one attached hydrogen (secondary N) is 2. The van der Waals surface area contributed by atoms with Gasteiger partial charge >= 0.3 is 0 Å². The maximum Gasteiger partial charge on any atom is 0.262 e. The molecule has 2 N–H and O–H groups in total. The van der Waals surface area contributed by atoms with Gasteiger partial charge in [0, 0.05) is 34.3 Å². The molecule has 0 saturated carbocycles. The summed E-state index contributed by atoms with van der Waals surface area (Å²) in [5, 5.41) is 3.86. The molecule has 13 heteroatoms. The number of nitrogens with zero attached hydrogens (tertiary/aromatic N) is 3. The summed E-state index contributed by atoms with van der Waals surface area (Å²) >= 11 is 12.0. The summed E-state index contributed by atoms with van der Waals surface area (Å²) < 4.78 is 41.1. The molecule has 10 nitrogen and oxygen atoms in total. The van der Waals surface area contributed by atoms with Gasteiger partial charge in [-0.1, -0.05) is 36.2 Å². The van der Waals surface area contributed by atoms with Gasteiger partial charge < -0.3 is 9.47 Å². The Morgan fingerprint density at radius 2 is 1.85 bits per heavy atom. The predicted molar refractivity (Wildman–Crippen MR) is 150 cm³/mol. The summed E-state index contributed by atoms with van der Waals surface area (Å²) in [5.41, 5.74) is 1.67. The van der Waals surface area contributed by atoms with Crippen LogP contribution in [0.3, 0.4) is 0 Å². The summed E-state index contributed by atoms with van der Waals surface area (Å²) in [4.78, 5) is 21.9. The van der Waals surface area contributed by atoms with Crippen LogP contribution >= 0.6 is 23.2 Å². The number of anilines is 1. The van der Waals surface area contributed by atoms with E-state index in [1.165, 1.54) is 31.5 Å². The normalized spacial score (nSPS) is 17.7. The van der Waals surface area contributed by atoms with E-state index in [0.29, 0.717) is 28.6 Å². The molecule has 2 aromatic heterocycles. The molecule has 0 aliphatic carbocycles. The molecule has 5 rings (SSSR count). The van der Waals surface area contributed by atoms with Gasteiger partial charge in [-0.25, -0.2) is 18.4 Å². The van der Waals surface area contributed by atoms with Crippen LogP contribution in [0.4, 0.5) is 5.69 Å². The van der Waals surface area contributed by atoms with Gasteiger partial charge in [0.1, 0.15) is 18.0 Å². The minimum absolute atomic E-state index is 0.000718. The summed E-state index contributed by atoms with van der Waals surface area (Å²) in [6.45, 7) is 2.48. The molecule has 3 atom stereocenters. The number of likely N-dealkylation sites (N-methyl/N-ethyl adjacent to an activating group) is 1. The van der Waals surface area contributed by atoms with Crippen LogP contribution < -0.4 is 20.3 Å². The number of epoxide rings is 1. The van der Waals surface area contributed by atoms with Crippen LogP contribution in [0.5, 0.6) is 5.88 Å². The van der Waals surface area contributed by atoms with Crippen LogP contribution in [-0.2, 0) is 21.3 Å². The Kier molecular flexibility index (Phi) is 7.53. The Bertz CT molecular complexity index is 1710. The van der Waals surface area contributed by atoms with Crippen molar-refractivity contribution in [2.75, 3.05) is 18.9 Å². The summed E-state index contributed by atoms with van der Waals surface area (Å²) in [6.07, 6.45) is 3.12. The number of hydrogen-bond donors (Lipinski definition) is 2. The van der Waals surface area contributed by atoms with Crippen LogP contribution in [0.1, 0.15) is 6.92 Å². The Balaban J connectivity index is 1.48. The number of methoxy groups -OCH3 is 1. The summed E-state index contributed by atoms with van der Waals surface area (Å²) in [6, 6.07) is 10.8. The first-order valence-electron chi connectivity index (χ1n) is 11.9. The number of aromatic nitrogens is 3. The lowest BCUT2D eigenvalue weighted by atomic mass is 10.0. The van der Waals surface area contributed by atoms with E-state index in [1.807, 2.05) is 14.0 Å². The topological polar surface area (TPSA) is 128 Å². The fourth-order valence-corrected chi connectivity index (χ4v) is 6.18. The lowest BCUT2D eigenvalue weighted by Gasteiger charge is -2.14. The zero-order valence-corrected chi connectivity index (χ0v) is 23.5. The molecule has 1 saturated heterocycles. The van der Waals surface area contributed by atoms with Crippen LogP contribution in [0.15, 0.2) is 64.7 Å². The zero-order valence-electron chi connectivity index (χ0n) is 21.2. The fraction of sp³-hybridized carbons (Fsp3) is 0.269. The van der Waals surface area contributed by atoms with E-state index in [0.717, 1.165) is 0 Å².